The summed E-state index contributed by atoms with van der Waals surface area (Å²) in [5.41, 5.74) is 1.13. The Morgan fingerprint density at radius 2 is 1.91 bits per heavy atom. The van der Waals surface area contributed by atoms with Crippen LogP contribution in [0.3, 0.4) is 0 Å². The van der Waals surface area contributed by atoms with Crippen molar-refractivity contribution in [3.63, 3.8) is 0 Å². The predicted octanol–water partition coefficient (Wildman–Crippen LogP) is 0.972. The third kappa shape index (κ3) is 1.80. The van der Waals surface area contributed by atoms with Gasteiger partial charge in [0.2, 0.25) is 0 Å². The SMILES string of the molecule is C[B]c1ccc([N+](=O)[O-])cc1. The Morgan fingerprint density at radius 1 is 1.36 bits per heavy atom. The lowest BCUT2D eigenvalue weighted by Crippen LogP contribution is -2.08. The third-order valence-corrected chi connectivity index (χ3v) is 1.44. The van der Waals surface area contributed by atoms with Crippen molar-refractivity contribution in [1.82, 2.24) is 0 Å². The lowest BCUT2D eigenvalue weighted by atomic mass is 9.73. The maximum atomic E-state index is 10.2. The van der Waals surface area contributed by atoms with E-state index in [0.717, 1.165) is 5.46 Å². The van der Waals surface area contributed by atoms with Gasteiger partial charge in [-0.3, -0.25) is 10.1 Å². The van der Waals surface area contributed by atoms with Gasteiger partial charge in [0.05, 0.1) is 4.92 Å². The van der Waals surface area contributed by atoms with E-state index in [0.29, 0.717) is 0 Å². The molecule has 0 aliphatic rings. The van der Waals surface area contributed by atoms with E-state index in [-0.39, 0.29) is 5.69 Å². The average molecular weight is 148 g/mol. The molecule has 1 radical (unpaired) electrons. The van der Waals surface area contributed by atoms with Gasteiger partial charge in [-0.15, -0.1) is 0 Å². The lowest BCUT2D eigenvalue weighted by molar-refractivity contribution is -0.384. The molecule has 11 heavy (non-hydrogen) atoms. The molecule has 0 unspecified atom stereocenters. The summed E-state index contributed by atoms with van der Waals surface area (Å²) < 4.78 is 0. The summed E-state index contributed by atoms with van der Waals surface area (Å²) in [6.45, 7) is 1.89. The Bertz CT molecular complexity index is 258. The highest BCUT2D eigenvalue weighted by atomic mass is 16.6. The van der Waals surface area contributed by atoms with Crippen LogP contribution in [0.1, 0.15) is 0 Å². The fourth-order valence-electron chi connectivity index (χ4n) is 0.788. The van der Waals surface area contributed by atoms with Crippen molar-refractivity contribution in [3.8, 4) is 0 Å². The van der Waals surface area contributed by atoms with Crippen LogP contribution in [0.5, 0.6) is 0 Å². The summed E-state index contributed by atoms with van der Waals surface area (Å²) in [6.07, 6.45) is 0. The maximum absolute atomic E-state index is 10.2. The molecule has 55 valence electrons. The molecule has 4 heteroatoms. The van der Waals surface area contributed by atoms with Gasteiger partial charge in [-0.2, -0.15) is 0 Å². The summed E-state index contributed by atoms with van der Waals surface area (Å²) in [6, 6.07) is 6.43. The van der Waals surface area contributed by atoms with E-state index in [1.165, 1.54) is 12.1 Å². The van der Waals surface area contributed by atoms with Gasteiger partial charge in [0.15, 0.2) is 0 Å². The summed E-state index contributed by atoms with van der Waals surface area (Å²) in [7, 11) is 1.89. The molecule has 0 saturated carbocycles. The van der Waals surface area contributed by atoms with Gasteiger partial charge in [-0.1, -0.05) is 24.4 Å². The minimum Gasteiger partial charge on any atom is -0.258 e. The second-order valence-electron chi connectivity index (χ2n) is 2.14. The first-order valence-electron chi connectivity index (χ1n) is 3.28. The first kappa shape index (κ1) is 7.79. The van der Waals surface area contributed by atoms with Crippen LogP contribution in [0.4, 0.5) is 5.69 Å². The fraction of sp³-hybridized carbons (Fsp3) is 0.143. The van der Waals surface area contributed by atoms with E-state index in [4.69, 9.17) is 0 Å². The Kier molecular flexibility index (Phi) is 2.26. The van der Waals surface area contributed by atoms with Gasteiger partial charge in [-0.05, 0) is 0 Å². The number of benzene rings is 1. The molecule has 1 rings (SSSR count). The number of hydrogen-bond donors (Lipinski definition) is 0. The molecule has 0 aliphatic carbocycles. The van der Waals surface area contributed by atoms with E-state index in [1.54, 1.807) is 12.1 Å². The third-order valence-electron chi connectivity index (χ3n) is 1.44. The van der Waals surface area contributed by atoms with Gasteiger partial charge < -0.3 is 0 Å². The molecule has 0 aromatic heterocycles. The second-order valence-corrected chi connectivity index (χ2v) is 2.14. The van der Waals surface area contributed by atoms with E-state index in [1.807, 2.05) is 14.1 Å². The van der Waals surface area contributed by atoms with Crippen molar-refractivity contribution in [2.24, 2.45) is 0 Å². The van der Waals surface area contributed by atoms with Crippen LogP contribution >= 0.6 is 0 Å². The van der Waals surface area contributed by atoms with E-state index in [9.17, 15) is 10.1 Å². The van der Waals surface area contributed by atoms with Gasteiger partial charge in [0, 0.05) is 12.1 Å². The number of nitro benzene ring substituents is 1. The van der Waals surface area contributed by atoms with E-state index in [2.05, 4.69) is 0 Å². The Balaban J connectivity index is 2.91. The lowest BCUT2D eigenvalue weighted by Gasteiger charge is -1.93. The van der Waals surface area contributed by atoms with Crippen LogP contribution in [-0.4, -0.2) is 12.2 Å². The number of rotatable bonds is 2. The predicted molar refractivity (Wildman–Crippen MR) is 44.3 cm³/mol. The number of hydrogen-bond acceptors (Lipinski definition) is 2. The van der Waals surface area contributed by atoms with Crippen LogP contribution in [-0.2, 0) is 0 Å². The van der Waals surface area contributed by atoms with Crippen molar-refractivity contribution >= 4 is 18.4 Å². The van der Waals surface area contributed by atoms with Crippen molar-refractivity contribution in [2.75, 3.05) is 0 Å². The monoisotopic (exact) mass is 148 g/mol. The van der Waals surface area contributed by atoms with Gasteiger partial charge in [0.1, 0.15) is 7.28 Å². The first-order valence-corrected chi connectivity index (χ1v) is 3.28. The Labute approximate surface area is 65.4 Å². The average Bonchev–Trinajstić information content (AvgIpc) is 2.05. The largest absolute Gasteiger partial charge is 0.269 e. The highest BCUT2D eigenvalue weighted by Crippen LogP contribution is 2.06. The van der Waals surface area contributed by atoms with E-state index >= 15 is 0 Å². The quantitative estimate of drug-likeness (QED) is 0.356. The van der Waals surface area contributed by atoms with Crippen LogP contribution in [0, 0.1) is 10.1 Å². The molecule has 0 amide bonds. The zero-order chi connectivity index (χ0) is 8.27. The molecule has 0 saturated heterocycles. The molecule has 0 aliphatic heterocycles. The van der Waals surface area contributed by atoms with Gasteiger partial charge >= 0.3 is 0 Å². The van der Waals surface area contributed by atoms with Crippen molar-refractivity contribution in [1.29, 1.82) is 0 Å². The highest BCUT2D eigenvalue weighted by Gasteiger charge is 2.01. The topological polar surface area (TPSA) is 43.1 Å². The molecule has 0 heterocycles. The molecule has 1 aromatic carbocycles. The number of nitrogens with zero attached hydrogens (tertiary/aromatic N) is 1. The number of nitro groups is 1. The Hall–Kier alpha value is -1.32. The Morgan fingerprint density at radius 3 is 2.27 bits per heavy atom. The molecule has 0 fully saturated rings. The molecule has 0 atom stereocenters. The molecular weight excluding hydrogens is 141 g/mol. The highest BCUT2D eigenvalue weighted by molar-refractivity contribution is 6.51. The summed E-state index contributed by atoms with van der Waals surface area (Å²) in [5.74, 6) is 0. The van der Waals surface area contributed by atoms with Crippen LogP contribution in [0.15, 0.2) is 24.3 Å². The van der Waals surface area contributed by atoms with Crippen LogP contribution in [0.2, 0.25) is 6.82 Å². The first-order chi connectivity index (χ1) is 5.24. The van der Waals surface area contributed by atoms with Crippen molar-refractivity contribution in [3.05, 3.63) is 34.4 Å². The minimum absolute atomic E-state index is 0.135. The molecule has 1 aromatic rings. The standard InChI is InChI=1S/C7H7BNO2/c1-8-6-2-4-7(5-3-6)9(10)11/h2-5H,1H3. The summed E-state index contributed by atoms with van der Waals surface area (Å²) in [4.78, 5) is 9.79. The second kappa shape index (κ2) is 3.19. The molecule has 0 N–H and O–H groups in total. The van der Waals surface area contributed by atoms with E-state index < -0.39 is 4.92 Å². The van der Waals surface area contributed by atoms with Crippen LogP contribution in [0.25, 0.3) is 0 Å². The molecular formula is C7H7BNO2. The smallest absolute Gasteiger partial charge is 0.258 e. The number of non-ortho nitro benzene ring substituents is 1. The molecule has 3 nitrogen and oxygen atoms in total. The van der Waals surface area contributed by atoms with Gasteiger partial charge in [0.25, 0.3) is 5.69 Å². The molecule has 0 spiro atoms. The minimum atomic E-state index is -0.403. The normalized spacial score (nSPS) is 9.18. The van der Waals surface area contributed by atoms with Gasteiger partial charge in [-0.25, -0.2) is 0 Å². The van der Waals surface area contributed by atoms with Crippen molar-refractivity contribution < 1.29 is 4.92 Å². The van der Waals surface area contributed by atoms with Crippen molar-refractivity contribution in [2.45, 2.75) is 6.82 Å². The zero-order valence-electron chi connectivity index (χ0n) is 6.15. The fourth-order valence-corrected chi connectivity index (χ4v) is 0.788. The zero-order valence-corrected chi connectivity index (χ0v) is 6.15. The maximum Gasteiger partial charge on any atom is 0.269 e. The summed E-state index contributed by atoms with van der Waals surface area (Å²) >= 11 is 0. The van der Waals surface area contributed by atoms with Crippen LogP contribution < -0.4 is 5.46 Å². The molecule has 0 bridgehead atoms. The summed E-state index contributed by atoms with van der Waals surface area (Å²) in [5, 5.41) is 10.2.